The van der Waals surface area contributed by atoms with E-state index >= 15 is 0 Å². The first-order chi connectivity index (χ1) is 13.5. The van der Waals surface area contributed by atoms with Gasteiger partial charge in [-0.25, -0.2) is 9.07 Å². The quantitative estimate of drug-likeness (QED) is 0.682. The minimum atomic E-state index is -0.583. The molecule has 3 rings (SSSR count). The van der Waals surface area contributed by atoms with Crippen LogP contribution >= 0.6 is 11.6 Å². The van der Waals surface area contributed by atoms with E-state index in [1.165, 1.54) is 18.2 Å². The molecular weight excluding hydrogens is 385 g/mol. The van der Waals surface area contributed by atoms with Gasteiger partial charge in [-0.2, -0.15) is 5.10 Å². The van der Waals surface area contributed by atoms with Crippen LogP contribution in [0.25, 0.3) is 11.3 Å². The zero-order chi connectivity index (χ0) is 20.1. The Labute approximate surface area is 165 Å². The number of nitrogens with zero attached hydrogens (tertiary/aromatic N) is 2. The molecule has 144 valence electrons. The Morgan fingerprint density at radius 3 is 2.61 bits per heavy atom. The van der Waals surface area contributed by atoms with Crippen LogP contribution in [-0.4, -0.2) is 22.3 Å². The second kappa shape index (κ2) is 8.67. The van der Waals surface area contributed by atoms with Gasteiger partial charge in [0.25, 0.3) is 5.56 Å². The lowest BCUT2D eigenvalue weighted by molar-refractivity contribution is -0.117. The van der Waals surface area contributed by atoms with Crippen molar-refractivity contribution in [1.82, 2.24) is 9.78 Å². The molecule has 0 aliphatic rings. The number of carbonyl (C=O) groups excluding carboxylic acids is 1. The molecule has 0 aliphatic carbocycles. The van der Waals surface area contributed by atoms with Crippen LogP contribution < -0.4 is 15.6 Å². The first-order valence-corrected chi connectivity index (χ1v) is 8.90. The highest BCUT2D eigenvalue weighted by atomic mass is 35.5. The Morgan fingerprint density at radius 1 is 1.18 bits per heavy atom. The van der Waals surface area contributed by atoms with Gasteiger partial charge in [0, 0.05) is 17.3 Å². The monoisotopic (exact) mass is 401 g/mol. The van der Waals surface area contributed by atoms with E-state index in [-0.39, 0.29) is 11.6 Å². The Balaban J connectivity index is 1.76. The van der Waals surface area contributed by atoms with Gasteiger partial charge in [-0.05, 0) is 55.5 Å². The number of hydrogen-bond donors (Lipinski definition) is 1. The lowest BCUT2D eigenvalue weighted by Gasteiger charge is -2.09. The number of amides is 1. The fourth-order valence-electron chi connectivity index (χ4n) is 2.52. The summed E-state index contributed by atoms with van der Waals surface area (Å²) in [5, 5.41) is 6.70. The molecule has 0 saturated heterocycles. The van der Waals surface area contributed by atoms with E-state index in [2.05, 4.69) is 10.4 Å². The van der Waals surface area contributed by atoms with E-state index in [1.807, 2.05) is 19.1 Å². The Kier molecular flexibility index (Phi) is 6.06. The molecule has 6 nitrogen and oxygen atoms in total. The van der Waals surface area contributed by atoms with E-state index in [4.69, 9.17) is 16.3 Å². The number of nitrogens with one attached hydrogen (secondary N) is 1. The second-order valence-corrected chi connectivity index (χ2v) is 6.26. The van der Waals surface area contributed by atoms with Crippen LogP contribution in [0.4, 0.5) is 10.1 Å². The molecule has 0 saturated carbocycles. The van der Waals surface area contributed by atoms with Gasteiger partial charge in [0.1, 0.15) is 18.1 Å². The zero-order valence-corrected chi connectivity index (χ0v) is 15.7. The molecule has 1 aromatic heterocycles. The van der Waals surface area contributed by atoms with Crippen LogP contribution in [0, 0.1) is 5.82 Å². The summed E-state index contributed by atoms with van der Waals surface area (Å²) < 4.78 is 19.7. The van der Waals surface area contributed by atoms with Crippen LogP contribution in [0.1, 0.15) is 6.92 Å². The van der Waals surface area contributed by atoms with Crippen LogP contribution in [0.15, 0.2) is 59.4 Å². The largest absolute Gasteiger partial charge is 0.494 e. The number of benzene rings is 2. The zero-order valence-electron chi connectivity index (χ0n) is 15.0. The van der Waals surface area contributed by atoms with Crippen molar-refractivity contribution in [1.29, 1.82) is 0 Å². The molecule has 28 heavy (non-hydrogen) atoms. The fraction of sp³-hybridized carbons (Fsp3) is 0.150. The Morgan fingerprint density at radius 2 is 1.93 bits per heavy atom. The minimum Gasteiger partial charge on any atom is -0.494 e. The van der Waals surface area contributed by atoms with E-state index in [1.54, 1.807) is 18.2 Å². The number of aromatic nitrogens is 2. The highest BCUT2D eigenvalue weighted by Crippen LogP contribution is 2.20. The van der Waals surface area contributed by atoms with Crippen molar-refractivity contribution in [2.45, 2.75) is 13.5 Å². The van der Waals surface area contributed by atoms with Gasteiger partial charge in [-0.15, -0.1) is 0 Å². The van der Waals surface area contributed by atoms with Gasteiger partial charge < -0.3 is 10.1 Å². The standard InChI is InChI=1S/C20H17ClFN3O3/c1-2-28-15-6-3-13(4-7-15)18-9-10-20(27)25(24-18)12-19(26)23-14-5-8-17(22)16(21)11-14/h3-11H,2,12H2,1H3,(H,23,26). The predicted octanol–water partition coefficient (Wildman–Crippen LogP) is 3.74. The van der Waals surface area contributed by atoms with Crippen LogP contribution in [0.2, 0.25) is 5.02 Å². The maximum absolute atomic E-state index is 13.2. The van der Waals surface area contributed by atoms with Gasteiger partial charge in [-0.1, -0.05) is 11.6 Å². The van der Waals surface area contributed by atoms with Gasteiger partial charge in [0.2, 0.25) is 5.91 Å². The van der Waals surface area contributed by atoms with Crippen LogP contribution in [0.5, 0.6) is 5.75 Å². The number of ether oxygens (including phenoxy) is 1. The predicted molar refractivity (Wildman–Crippen MR) is 105 cm³/mol. The van der Waals surface area contributed by atoms with Crippen molar-refractivity contribution >= 4 is 23.2 Å². The molecule has 2 aromatic carbocycles. The number of rotatable bonds is 6. The molecule has 0 bridgehead atoms. The molecule has 3 aromatic rings. The Hall–Kier alpha value is -3.19. The van der Waals surface area contributed by atoms with E-state index in [0.29, 0.717) is 18.0 Å². The topological polar surface area (TPSA) is 73.2 Å². The smallest absolute Gasteiger partial charge is 0.267 e. The summed E-state index contributed by atoms with van der Waals surface area (Å²) in [7, 11) is 0. The minimum absolute atomic E-state index is 0.106. The number of anilines is 1. The van der Waals surface area contributed by atoms with E-state index in [9.17, 15) is 14.0 Å². The van der Waals surface area contributed by atoms with Gasteiger partial charge in [0.05, 0.1) is 17.3 Å². The van der Waals surface area contributed by atoms with Crippen molar-refractivity contribution in [3.8, 4) is 17.0 Å². The molecule has 0 radical (unpaired) electrons. The van der Waals surface area contributed by atoms with E-state index < -0.39 is 17.3 Å². The van der Waals surface area contributed by atoms with Crippen molar-refractivity contribution in [2.24, 2.45) is 0 Å². The number of carbonyl (C=O) groups is 1. The van der Waals surface area contributed by atoms with Crippen LogP contribution in [0.3, 0.4) is 0 Å². The fourth-order valence-corrected chi connectivity index (χ4v) is 2.70. The third-order valence-electron chi connectivity index (χ3n) is 3.82. The summed E-state index contributed by atoms with van der Waals surface area (Å²) in [6.45, 7) is 2.17. The number of hydrogen-bond acceptors (Lipinski definition) is 4. The van der Waals surface area contributed by atoms with Gasteiger partial charge in [0.15, 0.2) is 0 Å². The highest BCUT2D eigenvalue weighted by Gasteiger charge is 2.10. The van der Waals surface area contributed by atoms with Crippen molar-refractivity contribution in [3.05, 3.63) is 75.8 Å². The SMILES string of the molecule is CCOc1ccc(-c2ccc(=O)n(CC(=O)Nc3ccc(F)c(Cl)c3)n2)cc1. The number of halogens is 2. The van der Waals surface area contributed by atoms with Crippen molar-refractivity contribution in [2.75, 3.05) is 11.9 Å². The first-order valence-electron chi connectivity index (χ1n) is 8.52. The lowest BCUT2D eigenvalue weighted by Crippen LogP contribution is -2.29. The van der Waals surface area contributed by atoms with Gasteiger partial charge in [-0.3, -0.25) is 9.59 Å². The third kappa shape index (κ3) is 4.75. The maximum Gasteiger partial charge on any atom is 0.267 e. The summed E-state index contributed by atoms with van der Waals surface area (Å²) in [5.74, 6) is -0.335. The summed E-state index contributed by atoms with van der Waals surface area (Å²) in [5.41, 5.74) is 1.23. The van der Waals surface area contributed by atoms with Crippen molar-refractivity contribution in [3.63, 3.8) is 0 Å². The summed E-state index contributed by atoms with van der Waals surface area (Å²) >= 11 is 5.70. The Bertz CT molecular complexity index is 1050. The molecule has 0 spiro atoms. The average Bonchev–Trinajstić information content (AvgIpc) is 2.67. The van der Waals surface area contributed by atoms with Crippen LogP contribution in [-0.2, 0) is 11.3 Å². The third-order valence-corrected chi connectivity index (χ3v) is 4.11. The van der Waals surface area contributed by atoms with Gasteiger partial charge >= 0.3 is 0 Å². The molecule has 0 unspecified atom stereocenters. The average molecular weight is 402 g/mol. The van der Waals surface area contributed by atoms with Crippen molar-refractivity contribution < 1.29 is 13.9 Å². The second-order valence-electron chi connectivity index (χ2n) is 5.85. The highest BCUT2D eigenvalue weighted by molar-refractivity contribution is 6.31. The van der Waals surface area contributed by atoms with E-state index in [0.717, 1.165) is 22.1 Å². The molecule has 1 N–H and O–H groups in total. The molecule has 0 fully saturated rings. The maximum atomic E-state index is 13.2. The molecular formula is C20H17ClFN3O3. The molecule has 8 heteroatoms. The molecule has 0 aliphatic heterocycles. The molecule has 1 heterocycles. The summed E-state index contributed by atoms with van der Waals surface area (Å²) in [6, 6.07) is 14.0. The first kappa shape index (κ1) is 19.6. The summed E-state index contributed by atoms with van der Waals surface area (Å²) in [4.78, 5) is 24.3. The summed E-state index contributed by atoms with van der Waals surface area (Å²) in [6.07, 6.45) is 0. The lowest BCUT2D eigenvalue weighted by atomic mass is 10.1. The molecule has 1 amide bonds. The molecule has 0 atom stereocenters. The normalized spacial score (nSPS) is 10.5.